The Morgan fingerprint density at radius 1 is 0.857 bits per heavy atom. The third-order valence-corrected chi connectivity index (χ3v) is 7.24. The maximum atomic E-state index is 12.7. The zero-order chi connectivity index (χ0) is 24.6. The van der Waals surface area contributed by atoms with Gasteiger partial charge in [0.05, 0.1) is 12.0 Å². The minimum absolute atomic E-state index is 0.223. The summed E-state index contributed by atoms with van der Waals surface area (Å²) in [5.74, 6) is 1.64. The number of anilines is 1. The number of rotatable bonds is 9. The molecule has 4 rings (SSSR count). The fourth-order valence-electron chi connectivity index (χ4n) is 4.11. The van der Waals surface area contributed by atoms with Crippen LogP contribution in [0.1, 0.15) is 24.0 Å². The second kappa shape index (κ2) is 11.9. The number of benzene rings is 3. The highest BCUT2D eigenvalue weighted by molar-refractivity contribution is 7.80. The first kappa shape index (κ1) is 24.8. The van der Waals surface area contributed by atoms with Crippen molar-refractivity contribution in [2.45, 2.75) is 31.1 Å². The van der Waals surface area contributed by atoms with E-state index in [4.69, 9.17) is 8.92 Å². The molecular formula is C28H32N2O4S. The van der Waals surface area contributed by atoms with Gasteiger partial charge >= 0.3 is 0 Å². The molecule has 0 bridgehead atoms. The summed E-state index contributed by atoms with van der Waals surface area (Å²) in [6, 6.07) is 23.2. The largest absolute Gasteiger partial charge is 0.497 e. The Morgan fingerprint density at radius 3 is 2.11 bits per heavy atom. The lowest BCUT2D eigenvalue weighted by Gasteiger charge is -2.36. The van der Waals surface area contributed by atoms with Crippen molar-refractivity contribution in [3.05, 3.63) is 83.9 Å². The van der Waals surface area contributed by atoms with Crippen molar-refractivity contribution in [3.8, 4) is 11.5 Å². The molecule has 7 heteroatoms. The lowest BCUT2D eigenvalue weighted by molar-refractivity contribution is -0.131. The number of carbonyl (C=O) groups excluding carboxylic acids is 1. The van der Waals surface area contributed by atoms with Gasteiger partial charge in [0.15, 0.2) is 0 Å². The van der Waals surface area contributed by atoms with Gasteiger partial charge in [-0.25, -0.2) is 4.21 Å². The number of methoxy groups -OCH3 is 1. The van der Waals surface area contributed by atoms with E-state index < -0.39 is 11.1 Å². The van der Waals surface area contributed by atoms with E-state index in [9.17, 15) is 9.00 Å². The quantitative estimate of drug-likeness (QED) is 0.430. The molecule has 1 amide bonds. The van der Waals surface area contributed by atoms with Crippen LogP contribution in [-0.4, -0.2) is 48.3 Å². The highest BCUT2D eigenvalue weighted by atomic mass is 32.2. The molecule has 35 heavy (non-hydrogen) atoms. The third kappa shape index (κ3) is 6.85. The van der Waals surface area contributed by atoms with Crippen LogP contribution in [0.3, 0.4) is 0 Å². The summed E-state index contributed by atoms with van der Waals surface area (Å²) in [6.07, 6.45) is 2.30. The highest BCUT2D eigenvalue weighted by Gasteiger charge is 2.21. The zero-order valence-corrected chi connectivity index (χ0v) is 21.1. The molecular weight excluding hydrogens is 460 g/mol. The number of hydrogen-bond acceptors (Lipinski definition) is 5. The second-order valence-corrected chi connectivity index (χ2v) is 9.80. The Kier molecular flexibility index (Phi) is 8.42. The van der Waals surface area contributed by atoms with Crippen LogP contribution >= 0.6 is 0 Å². The molecule has 0 aliphatic carbocycles. The van der Waals surface area contributed by atoms with Gasteiger partial charge in [0.25, 0.3) is 0 Å². The molecule has 1 unspecified atom stereocenters. The number of hydrogen-bond donors (Lipinski definition) is 0. The van der Waals surface area contributed by atoms with Gasteiger partial charge in [-0.2, -0.15) is 0 Å². The molecule has 1 heterocycles. The Morgan fingerprint density at radius 2 is 1.49 bits per heavy atom. The maximum Gasteiger partial charge on any atom is 0.240 e. The van der Waals surface area contributed by atoms with Crippen LogP contribution in [0.4, 0.5) is 5.69 Å². The first-order valence-corrected chi connectivity index (χ1v) is 13.0. The van der Waals surface area contributed by atoms with Gasteiger partial charge in [0.1, 0.15) is 11.5 Å². The Balaban J connectivity index is 1.21. The monoisotopic (exact) mass is 492 g/mol. The molecule has 6 nitrogen and oxygen atoms in total. The van der Waals surface area contributed by atoms with Gasteiger partial charge in [0.2, 0.25) is 17.0 Å². The third-order valence-electron chi connectivity index (χ3n) is 6.23. The zero-order valence-electron chi connectivity index (χ0n) is 20.3. The van der Waals surface area contributed by atoms with Gasteiger partial charge in [0, 0.05) is 38.3 Å². The highest BCUT2D eigenvalue weighted by Crippen LogP contribution is 2.23. The van der Waals surface area contributed by atoms with Crippen molar-refractivity contribution >= 4 is 22.7 Å². The van der Waals surface area contributed by atoms with Gasteiger partial charge < -0.3 is 18.7 Å². The molecule has 3 aromatic rings. The first-order chi connectivity index (χ1) is 17.0. The lowest BCUT2D eigenvalue weighted by atomic mass is 10.1. The fourth-order valence-corrected chi connectivity index (χ4v) is 4.85. The molecule has 0 N–H and O–H groups in total. The molecule has 0 radical (unpaired) electrons. The fraction of sp³-hybridized carbons (Fsp3) is 0.321. The van der Waals surface area contributed by atoms with Crippen molar-refractivity contribution in [2.24, 2.45) is 0 Å². The van der Waals surface area contributed by atoms with Crippen LogP contribution in [0.15, 0.2) is 77.7 Å². The van der Waals surface area contributed by atoms with E-state index >= 15 is 0 Å². The second-order valence-electron chi connectivity index (χ2n) is 8.69. The molecule has 1 saturated heterocycles. The van der Waals surface area contributed by atoms with Crippen LogP contribution in [-0.2, 0) is 22.3 Å². The molecule has 3 aromatic carbocycles. The van der Waals surface area contributed by atoms with E-state index in [1.807, 2.05) is 72.5 Å². The topological polar surface area (TPSA) is 59.1 Å². The molecule has 184 valence electrons. The van der Waals surface area contributed by atoms with E-state index in [-0.39, 0.29) is 5.91 Å². The van der Waals surface area contributed by atoms with Gasteiger partial charge in [-0.3, -0.25) is 4.79 Å². The Hall–Kier alpha value is -3.32. The van der Waals surface area contributed by atoms with Crippen molar-refractivity contribution in [3.63, 3.8) is 0 Å². The first-order valence-electron chi connectivity index (χ1n) is 11.9. The van der Waals surface area contributed by atoms with Gasteiger partial charge in [-0.05, 0) is 73.9 Å². The summed E-state index contributed by atoms with van der Waals surface area (Å²) in [4.78, 5) is 17.5. The maximum absolute atomic E-state index is 12.7. The predicted molar refractivity (Wildman–Crippen MR) is 139 cm³/mol. The summed E-state index contributed by atoms with van der Waals surface area (Å²) in [7, 11) is 1.66. The van der Waals surface area contributed by atoms with Crippen molar-refractivity contribution < 1.29 is 17.9 Å². The number of aryl methyl sites for hydroxylation is 2. The summed E-state index contributed by atoms with van der Waals surface area (Å²) in [6.45, 7) is 5.01. The summed E-state index contributed by atoms with van der Waals surface area (Å²) in [5, 5.41) is 0. The smallest absolute Gasteiger partial charge is 0.240 e. The van der Waals surface area contributed by atoms with Crippen molar-refractivity contribution in [1.29, 1.82) is 0 Å². The number of carbonyl (C=O) groups is 1. The van der Waals surface area contributed by atoms with Crippen molar-refractivity contribution in [1.82, 2.24) is 4.90 Å². The van der Waals surface area contributed by atoms with Gasteiger partial charge in [-0.1, -0.05) is 29.8 Å². The standard InChI is InChI=1S/C28H32N2O4S/c1-22-6-16-27(17-7-22)35(32)34-26-14-10-24(11-15-26)29-18-20-30(21-19-29)28(31)5-3-4-23-8-12-25(33-2)13-9-23/h6-17H,3-5,18-21H2,1-2H3. The van der Waals surface area contributed by atoms with E-state index in [1.54, 1.807) is 7.11 Å². The SMILES string of the molecule is COc1ccc(CCCC(=O)N2CCN(c3ccc(OS(=O)c4ccc(C)cc4)cc3)CC2)cc1. The van der Waals surface area contributed by atoms with Crippen LogP contribution in [0, 0.1) is 6.92 Å². The molecule has 1 aliphatic heterocycles. The average Bonchev–Trinajstić information content (AvgIpc) is 2.90. The average molecular weight is 493 g/mol. The van der Waals surface area contributed by atoms with Crippen LogP contribution in [0.5, 0.6) is 11.5 Å². The van der Waals surface area contributed by atoms with Gasteiger partial charge in [-0.15, -0.1) is 0 Å². The number of ether oxygens (including phenoxy) is 1. The van der Waals surface area contributed by atoms with E-state index in [2.05, 4.69) is 17.0 Å². The Bertz CT molecular complexity index is 1120. The van der Waals surface area contributed by atoms with Crippen LogP contribution < -0.4 is 13.8 Å². The van der Waals surface area contributed by atoms with E-state index in [1.165, 1.54) is 5.56 Å². The predicted octanol–water partition coefficient (Wildman–Crippen LogP) is 4.78. The lowest BCUT2D eigenvalue weighted by Crippen LogP contribution is -2.48. The molecule has 0 spiro atoms. The number of piperazine rings is 1. The Labute approximate surface area is 210 Å². The van der Waals surface area contributed by atoms with E-state index in [0.717, 1.165) is 56.0 Å². The number of amides is 1. The summed E-state index contributed by atoms with van der Waals surface area (Å²) >= 11 is -1.54. The van der Waals surface area contributed by atoms with Crippen LogP contribution in [0.25, 0.3) is 0 Å². The van der Waals surface area contributed by atoms with Crippen LogP contribution in [0.2, 0.25) is 0 Å². The van der Waals surface area contributed by atoms with E-state index in [0.29, 0.717) is 17.1 Å². The van der Waals surface area contributed by atoms with Crippen molar-refractivity contribution in [2.75, 3.05) is 38.2 Å². The molecule has 0 saturated carbocycles. The summed E-state index contributed by atoms with van der Waals surface area (Å²) in [5.41, 5.74) is 3.41. The molecule has 1 fully saturated rings. The molecule has 1 aliphatic rings. The minimum atomic E-state index is -1.54. The summed E-state index contributed by atoms with van der Waals surface area (Å²) < 4.78 is 23.2. The normalized spacial score (nSPS) is 14.5. The molecule has 1 atom stereocenters. The minimum Gasteiger partial charge on any atom is -0.497 e. The number of nitrogens with zero attached hydrogens (tertiary/aromatic N) is 2. The molecule has 0 aromatic heterocycles.